The van der Waals surface area contributed by atoms with E-state index in [2.05, 4.69) is 0 Å². The molecule has 0 amide bonds. The van der Waals surface area contributed by atoms with Gasteiger partial charge in [0.1, 0.15) is 11.5 Å². The number of nitrogens with zero attached hydrogens (tertiary/aromatic N) is 2. The molecule has 10 nitrogen and oxygen atoms in total. The summed E-state index contributed by atoms with van der Waals surface area (Å²) in [5.74, 6) is -3.01. The average molecular weight is 484 g/mol. The summed E-state index contributed by atoms with van der Waals surface area (Å²) in [5, 5.41) is 10.00. The molecule has 1 aliphatic rings. The maximum Gasteiger partial charge on any atom is 0.355 e. The highest BCUT2D eigenvalue weighted by atomic mass is 32.2. The van der Waals surface area contributed by atoms with E-state index >= 15 is 0 Å². The molecule has 2 aromatic rings. The second-order valence-electron chi connectivity index (χ2n) is 7.26. The minimum atomic E-state index is -4.51. The topological polar surface area (TPSA) is 160 Å². The van der Waals surface area contributed by atoms with Gasteiger partial charge in [-0.2, -0.15) is 13.7 Å². The third-order valence-corrected chi connectivity index (χ3v) is 6.32. The summed E-state index contributed by atoms with van der Waals surface area (Å²) in [6.07, 6.45) is 0. The summed E-state index contributed by atoms with van der Waals surface area (Å²) >= 11 is 0. The number of anilines is 1. The number of ether oxygens (including phenoxy) is 2. The lowest BCUT2D eigenvalue weighted by Crippen LogP contribution is -2.40. The number of methoxy groups -OCH3 is 2. The van der Waals surface area contributed by atoms with Gasteiger partial charge in [0.05, 0.1) is 42.2 Å². The van der Waals surface area contributed by atoms with E-state index in [0.717, 1.165) is 25.2 Å². The number of carbonyl (C=O) groups is 2. The zero-order valence-electron chi connectivity index (χ0n) is 18.5. The maximum atomic E-state index is 13.0. The summed E-state index contributed by atoms with van der Waals surface area (Å²) in [5.41, 5.74) is 6.68. The summed E-state index contributed by atoms with van der Waals surface area (Å²) in [6, 6.07) is 14.3. The number of rotatable bonds is 5. The Morgan fingerprint density at radius 3 is 2.21 bits per heavy atom. The maximum absolute atomic E-state index is 13.0. The van der Waals surface area contributed by atoms with Gasteiger partial charge in [-0.1, -0.05) is 30.3 Å². The molecule has 0 fully saturated rings. The van der Waals surface area contributed by atoms with E-state index < -0.39 is 28.0 Å². The Kier molecular flexibility index (Phi) is 6.76. The van der Waals surface area contributed by atoms with E-state index in [4.69, 9.17) is 15.2 Å². The monoisotopic (exact) mass is 483 g/mol. The Hall–Kier alpha value is -4.14. The standard InChI is InChI=1S/C23H21N3O7S/c1-13-11-15(9-10-17(13)34(29,30)31)26-20(23(28)33-3)19(22(27)32-2)18(16(12-24)21(26)25)14-7-5-4-6-8-14/h4-11,18H,25H2,1-3H3,(H,29,30,31). The van der Waals surface area contributed by atoms with Crippen molar-refractivity contribution >= 4 is 27.7 Å². The number of nitriles is 1. The van der Waals surface area contributed by atoms with Crippen LogP contribution in [-0.2, 0) is 29.2 Å². The van der Waals surface area contributed by atoms with Crippen molar-refractivity contribution in [2.75, 3.05) is 19.1 Å². The Balaban J connectivity index is 2.41. The number of esters is 2. The van der Waals surface area contributed by atoms with Crippen LogP contribution >= 0.6 is 0 Å². The highest BCUT2D eigenvalue weighted by Crippen LogP contribution is 2.43. The van der Waals surface area contributed by atoms with Crippen molar-refractivity contribution in [1.29, 1.82) is 5.26 Å². The number of aryl methyl sites for hydroxylation is 1. The number of carbonyl (C=O) groups excluding carboxylic acids is 2. The van der Waals surface area contributed by atoms with Gasteiger partial charge in [0.15, 0.2) is 0 Å². The highest BCUT2D eigenvalue weighted by molar-refractivity contribution is 7.85. The summed E-state index contributed by atoms with van der Waals surface area (Å²) in [7, 11) is -2.26. The zero-order valence-corrected chi connectivity index (χ0v) is 19.3. The summed E-state index contributed by atoms with van der Waals surface area (Å²) in [4.78, 5) is 26.7. The molecule has 11 heteroatoms. The van der Waals surface area contributed by atoms with Crippen LogP contribution in [0.15, 0.2) is 76.1 Å². The third kappa shape index (κ3) is 4.24. The second kappa shape index (κ2) is 9.38. The van der Waals surface area contributed by atoms with Gasteiger partial charge in [0.25, 0.3) is 10.1 Å². The molecule has 2 aromatic carbocycles. The van der Waals surface area contributed by atoms with Crippen molar-refractivity contribution in [3.63, 3.8) is 0 Å². The molecule has 1 atom stereocenters. The van der Waals surface area contributed by atoms with Crippen LogP contribution < -0.4 is 10.6 Å². The third-order valence-electron chi connectivity index (χ3n) is 5.30. The first-order chi connectivity index (χ1) is 16.1. The molecule has 34 heavy (non-hydrogen) atoms. The van der Waals surface area contributed by atoms with Crippen molar-refractivity contribution in [2.24, 2.45) is 5.73 Å². The number of hydrogen-bond donors (Lipinski definition) is 2. The van der Waals surface area contributed by atoms with Crippen molar-refractivity contribution in [3.8, 4) is 6.07 Å². The van der Waals surface area contributed by atoms with Crippen LogP contribution in [-0.4, -0.2) is 39.1 Å². The molecule has 0 bridgehead atoms. The molecule has 3 rings (SSSR count). The lowest BCUT2D eigenvalue weighted by molar-refractivity contribution is -0.139. The van der Waals surface area contributed by atoms with Crippen LogP contribution in [0.25, 0.3) is 0 Å². The molecule has 0 saturated heterocycles. The lowest BCUT2D eigenvalue weighted by Gasteiger charge is -2.36. The molecule has 0 saturated carbocycles. The number of allylic oxidation sites excluding steroid dienone is 1. The first kappa shape index (κ1) is 24.5. The predicted octanol–water partition coefficient (Wildman–Crippen LogP) is 2.14. The average Bonchev–Trinajstić information content (AvgIpc) is 2.81. The van der Waals surface area contributed by atoms with Crippen LogP contribution in [0.2, 0.25) is 0 Å². The Bertz CT molecular complexity index is 1370. The fourth-order valence-electron chi connectivity index (χ4n) is 3.84. The molecule has 0 spiro atoms. The minimum absolute atomic E-state index is 0.0317. The minimum Gasteiger partial charge on any atom is -0.466 e. The smallest absolute Gasteiger partial charge is 0.355 e. The molecule has 0 aromatic heterocycles. The highest BCUT2D eigenvalue weighted by Gasteiger charge is 2.43. The number of nitrogens with two attached hydrogens (primary N) is 1. The quantitative estimate of drug-likeness (QED) is 0.476. The van der Waals surface area contributed by atoms with Crippen LogP contribution in [0.5, 0.6) is 0 Å². The van der Waals surface area contributed by atoms with Crippen molar-refractivity contribution < 1.29 is 32.0 Å². The van der Waals surface area contributed by atoms with Gasteiger partial charge < -0.3 is 15.2 Å². The lowest BCUT2D eigenvalue weighted by atomic mass is 9.81. The first-order valence-electron chi connectivity index (χ1n) is 9.80. The number of hydrogen-bond acceptors (Lipinski definition) is 9. The Morgan fingerprint density at radius 1 is 1.09 bits per heavy atom. The predicted molar refractivity (Wildman–Crippen MR) is 121 cm³/mol. The summed E-state index contributed by atoms with van der Waals surface area (Å²) in [6.45, 7) is 1.43. The first-order valence-corrected chi connectivity index (χ1v) is 11.2. The molecule has 0 aliphatic carbocycles. The SMILES string of the molecule is COC(=O)C1=C(C(=O)OC)N(c2ccc(S(=O)(=O)O)c(C)c2)C(N)=C(C#N)C1c1ccccc1. The molecule has 0 radical (unpaired) electrons. The van der Waals surface area contributed by atoms with Gasteiger partial charge in [-0.05, 0) is 36.2 Å². The fraction of sp³-hybridized carbons (Fsp3) is 0.174. The van der Waals surface area contributed by atoms with Crippen LogP contribution in [0.1, 0.15) is 17.0 Å². The van der Waals surface area contributed by atoms with E-state index in [1.165, 1.54) is 19.1 Å². The van der Waals surface area contributed by atoms with E-state index in [1.807, 2.05) is 6.07 Å². The van der Waals surface area contributed by atoms with Crippen LogP contribution in [0, 0.1) is 18.3 Å². The van der Waals surface area contributed by atoms with E-state index in [1.54, 1.807) is 30.3 Å². The Morgan fingerprint density at radius 2 is 1.71 bits per heavy atom. The van der Waals surface area contributed by atoms with Gasteiger partial charge >= 0.3 is 11.9 Å². The van der Waals surface area contributed by atoms with Crippen molar-refractivity contribution in [1.82, 2.24) is 0 Å². The molecule has 1 aliphatic heterocycles. The second-order valence-corrected chi connectivity index (χ2v) is 8.65. The van der Waals surface area contributed by atoms with E-state index in [0.29, 0.717) is 5.56 Å². The zero-order chi connectivity index (χ0) is 25.2. The van der Waals surface area contributed by atoms with Gasteiger partial charge in [-0.3, -0.25) is 9.45 Å². The van der Waals surface area contributed by atoms with E-state index in [-0.39, 0.29) is 38.8 Å². The molecule has 176 valence electrons. The number of benzene rings is 2. The van der Waals surface area contributed by atoms with Gasteiger partial charge in [-0.15, -0.1) is 0 Å². The fourth-order valence-corrected chi connectivity index (χ4v) is 4.55. The summed E-state index contributed by atoms with van der Waals surface area (Å²) < 4.78 is 42.6. The molecule has 3 N–H and O–H groups in total. The van der Waals surface area contributed by atoms with Crippen LogP contribution in [0.3, 0.4) is 0 Å². The normalized spacial score (nSPS) is 16.2. The molecule has 1 heterocycles. The Labute approximate surface area is 196 Å². The van der Waals surface area contributed by atoms with Gasteiger partial charge in [-0.25, -0.2) is 9.59 Å². The van der Waals surface area contributed by atoms with Crippen LogP contribution in [0.4, 0.5) is 5.69 Å². The van der Waals surface area contributed by atoms with Gasteiger partial charge in [0, 0.05) is 5.69 Å². The molecular weight excluding hydrogens is 462 g/mol. The van der Waals surface area contributed by atoms with E-state index in [9.17, 15) is 27.8 Å². The molecular formula is C23H21N3O7S. The van der Waals surface area contributed by atoms with Crippen molar-refractivity contribution in [3.05, 3.63) is 82.3 Å². The van der Waals surface area contributed by atoms with Gasteiger partial charge in [0.2, 0.25) is 0 Å². The van der Waals surface area contributed by atoms with Crippen molar-refractivity contribution in [2.45, 2.75) is 17.7 Å². The largest absolute Gasteiger partial charge is 0.466 e. The molecule has 1 unspecified atom stereocenters.